The van der Waals surface area contributed by atoms with Gasteiger partial charge in [-0.1, -0.05) is 12.1 Å². The maximum atomic E-state index is 13.1. The lowest BCUT2D eigenvalue weighted by molar-refractivity contribution is -0.128. The van der Waals surface area contributed by atoms with Crippen LogP contribution in [0.2, 0.25) is 0 Å². The molecule has 0 N–H and O–H groups in total. The summed E-state index contributed by atoms with van der Waals surface area (Å²) in [6.07, 6.45) is 1.85. The quantitative estimate of drug-likeness (QED) is 0.585. The van der Waals surface area contributed by atoms with E-state index in [9.17, 15) is 17.6 Å². The number of fused-ring (bicyclic) bond motifs is 1. The molecule has 0 aliphatic carbocycles. The molecular formula is C21H21FN4O3S2. The highest BCUT2D eigenvalue weighted by Gasteiger charge is 2.29. The van der Waals surface area contributed by atoms with Gasteiger partial charge in [0.25, 0.3) is 0 Å². The number of thioether (sulfide) groups is 1. The summed E-state index contributed by atoms with van der Waals surface area (Å²) in [7, 11) is -0.649. The first-order valence-corrected chi connectivity index (χ1v) is 12.0. The fourth-order valence-corrected chi connectivity index (χ4v) is 5.49. The summed E-state index contributed by atoms with van der Waals surface area (Å²) in [4.78, 5) is 19.1. The Morgan fingerprint density at radius 3 is 2.65 bits per heavy atom. The van der Waals surface area contributed by atoms with E-state index in [1.54, 1.807) is 4.90 Å². The van der Waals surface area contributed by atoms with Gasteiger partial charge >= 0.3 is 0 Å². The van der Waals surface area contributed by atoms with Gasteiger partial charge in [0, 0.05) is 32.5 Å². The van der Waals surface area contributed by atoms with E-state index in [1.807, 2.05) is 42.0 Å². The number of sulfonamides is 1. The minimum Gasteiger partial charge on any atom is -0.328 e. The fraction of sp³-hybridized carbons (Fsp3) is 0.238. The van der Waals surface area contributed by atoms with Crippen molar-refractivity contribution in [1.29, 1.82) is 0 Å². The van der Waals surface area contributed by atoms with Gasteiger partial charge < -0.3 is 9.47 Å². The first-order chi connectivity index (χ1) is 14.8. The highest BCUT2D eigenvalue weighted by molar-refractivity contribution is 8.03. The standard InChI is InChI=1S/C21H21FN4O3S2/c1-24(31(28,29)16-9-7-15(22)8-10-16)14-20(27)26-11-12-30-21(26)13-19-23-17-5-3-4-6-18(17)25(19)2/h3-10,13H,11-12,14H2,1-2H3/b21-13+. The SMILES string of the molecule is CN(CC(=O)N1CCS/C1=C/c1nc2ccccc2n1C)S(=O)(=O)c1ccc(F)cc1. The lowest BCUT2D eigenvalue weighted by Crippen LogP contribution is -2.39. The van der Waals surface area contributed by atoms with Crippen molar-refractivity contribution in [3.63, 3.8) is 0 Å². The molecule has 1 fully saturated rings. The molecule has 162 valence electrons. The minimum absolute atomic E-state index is 0.0598. The highest BCUT2D eigenvalue weighted by Crippen LogP contribution is 2.30. The van der Waals surface area contributed by atoms with Crippen molar-refractivity contribution in [1.82, 2.24) is 18.8 Å². The van der Waals surface area contributed by atoms with Crippen LogP contribution in [0.25, 0.3) is 17.1 Å². The Labute approximate surface area is 184 Å². The number of nitrogens with zero attached hydrogens (tertiary/aromatic N) is 4. The van der Waals surface area contributed by atoms with Crippen LogP contribution in [-0.4, -0.2) is 59.0 Å². The first kappa shape index (κ1) is 21.5. The number of carbonyl (C=O) groups is 1. The zero-order valence-corrected chi connectivity index (χ0v) is 18.7. The van der Waals surface area contributed by atoms with Crippen molar-refractivity contribution in [2.45, 2.75) is 4.90 Å². The number of hydrogen-bond donors (Lipinski definition) is 0. The number of para-hydroxylation sites is 2. The summed E-state index contributed by atoms with van der Waals surface area (Å²) in [5.74, 6) is 0.582. The van der Waals surface area contributed by atoms with Gasteiger partial charge in [0.15, 0.2) is 0 Å². The molecule has 0 saturated carbocycles. The fourth-order valence-electron chi connectivity index (χ4n) is 3.35. The monoisotopic (exact) mass is 460 g/mol. The first-order valence-electron chi connectivity index (χ1n) is 9.55. The summed E-state index contributed by atoms with van der Waals surface area (Å²) in [6, 6.07) is 12.3. The summed E-state index contributed by atoms with van der Waals surface area (Å²) in [5.41, 5.74) is 1.85. The number of imidazole rings is 1. The number of rotatable bonds is 5. The molecule has 0 atom stereocenters. The van der Waals surface area contributed by atoms with E-state index in [0.29, 0.717) is 6.54 Å². The molecule has 31 heavy (non-hydrogen) atoms. The molecule has 0 radical (unpaired) electrons. The van der Waals surface area contributed by atoms with Gasteiger partial charge in [0.05, 0.1) is 27.5 Å². The average Bonchev–Trinajstić information content (AvgIpc) is 3.33. The van der Waals surface area contributed by atoms with Crippen LogP contribution in [0, 0.1) is 5.82 Å². The van der Waals surface area contributed by atoms with Gasteiger partial charge in [-0.3, -0.25) is 4.79 Å². The van der Waals surface area contributed by atoms with Crippen molar-refractivity contribution < 1.29 is 17.6 Å². The number of aromatic nitrogens is 2. The van der Waals surface area contributed by atoms with Crippen LogP contribution in [0.5, 0.6) is 0 Å². The molecule has 1 saturated heterocycles. The van der Waals surface area contributed by atoms with Gasteiger partial charge in [-0.2, -0.15) is 4.31 Å². The lowest BCUT2D eigenvalue weighted by atomic mass is 10.3. The van der Waals surface area contributed by atoms with Crippen molar-refractivity contribution in [2.75, 3.05) is 25.9 Å². The van der Waals surface area contributed by atoms with Gasteiger partial charge in [-0.05, 0) is 36.4 Å². The Bertz CT molecular complexity index is 1270. The third-order valence-corrected chi connectivity index (χ3v) is 7.92. The Balaban J connectivity index is 1.54. The third-order valence-electron chi connectivity index (χ3n) is 5.09. The van der Waals surface area contributed by atoms with E-state index >= 15 is 0 Å². The molecule has 2 heterocycles. The number of halogens is 1. The normalized spacial score (nSPS) is 16.0. The van der Waals surface area contributed by atoms with Crippen LogP contribution >= 0.6 is 11.8 Å². The van der Waals surface area contributed by atoms with Crippen molar-refractivity contribution in [2.24, 2.45) is 7.05 Å². The minimum atomic E-state index is -3.90. The van der Waals surface area contributed by atoms with Crippen molar-refractivity contribution in [3.05, 3.63) is 65.2 Å². The van der Waals surface area contributed by atoms with Gasteiger partial charge in [0.1, 0.15) is 11.6 Å². The summed E-state index contributed by atoms with van der Waals surface area (Å²) >= 11 is 1.53. The number of likely N-dealkylation sites (N-methyl/N-ethyl adjacent to an activating group) is 1. The van der Waals surface area contributed by atoms with Crippen LogP contribution in [0.3, 0.4) is 0 Å². The number of hydrogen-bond acceptors (Lipinski definition) is 5. The van der Waals surface area contributed by atoms with Crippen LogP contribution in [0.15, 0.2) is 58.5 Å². The topological polar surface area (TPSA) is 75.5 Å². The third kappa shape index (κ3) is 4.23. The number of aryl methyl sites for hydroxylation is 1. The molecule has 0 unspecified atom stereocenters. The smallest absolute Gasteiger partial charge is 0.243 e. The van der Waals surface area contributed by atoms with Crippen LogP contribution in [0.1, 0.15) is 5.82 Å². The molecule has 0 spiro atoms. The molecule has 3 aromatic rings. The average molecular weight is 461 g/mol. The summed E-state index contributed by atoms with van der Waals surface area (Å²) < 4.78 is 41.5. The second-order valence-electron chi connectivity index (χ2n) is 7.11. The van der Waals surface area contributed by atoms with E-state index < -0.39 is 15.8 Å². The maximum Gasteiger partial charge on any atom is 0.243 e. The highest BCUT2D eigenvalue weighted by atomic mass is 32.2. The zero-order chi connectivity index (χ0) is 22.2. The summed E-state index contributed by atoms with van der Waals surface area (Å²) in [6.45, 7) is 0.170. The van der Waals surface area contributed by atoms with Gasteiger partial charge in [-0.25, -0.2) is 17.8 Å². The van der Waals surface area contributed by atoms with Gasteiger partial charge in [0.2, 0.25) is 15.9 Å². The van der Waals surface area contributed by atoms with Crippen molar-refractivity contribution in [3.8, 4) is 0 Å². The molecule has 1 aliphatic heterocycles. The second kappa shape index (κ2) is 8.45. The van der Waals surface area contributed by atoms with E-state index in [-0.39, 0.29) is 17.3 Å². The van der Waals surface area contributed by atoms with E-state index in [0.717, 1.165) is 44.1 Å². The lowest BCUT2D eigenvalue weighted by Gasteiger charge is -2.22. The maximum absolute atomic E-state index is 13.1. The predicted molar refractivity (Wildman–Crippen MR) is 119 cm³/mol. The second-order valence-corrected chi connectivity index (χ2v) is 10.3. The van der Waals surface area contributed by atoms with E-state index in [2.05, 4.69) is 4.98 Å². The Kier molecular flexibility index (Phi) is 5.87. The van der Waals surface area contributed by atoms with Crippen molar-refractivity contribution >= 4 is 44.8 Å². The molecule has 7 nitrogen and oxygen atoms in total. The molecule has 10 heteroatoms. The Morgan fingerprint density at radius 2 is 1.94 bits per heavy atom. The molecule has 1 aliphatic rings. The Morgan fingerprint density at radius 1 is 1.23 bits per heavy atom. The molecule has 1 aromatic heterocycles. The molecule has 4 rings (SSSR count). The number of carbonyl (C=O) groups excluding carboxylic acids is 1. The molecule has 2 aromatic carbocycles. The van der Waals surface area contributed by atoms with Gasteiger partial charge in [-0.15, -0.1) is 11.8 Å². The summed E-state index contributed by atoms with van der Waals surface area (Å²) in [5, 5.41) is 0.732. The zero-order valence-electron chi connectivity index (χ0n) is 17.0. The van der Waals surface area contributed by atoms with E-state index in [1.165, 1.54) is 30.9 Å². The molecule has 1 amide bonds. The van der Waals surface area contributed by atoms with E-state index in [4.69, 9.17) is 0 Å². The number of amides is 1. The van der Waals surface area contributed by atoms with Crippen LogP contribution < -0.4 is 0 Å². The number of benzene rings is 2. The largest absolute Gasteiger partial charge is 0.328 e. The molecular weight excluding hydrogens is 439 g/mol. The Hall–Kier alpha value is -2.69. The molecule has 0 bridgehead atoms. The van der Waals surface area contributed by atoms with Crippen LogP contribution in [0.4, 0.5) is 4.39 Å². The predicted octanol–water partition coefficient (Wildman–Crippen LogP) is 2.91. The van der Waals surface area contributed by atoms with Crippen LogP contribution in [-0.2, 0) is 21.9 Å².